The fourth-order valence-electron chi connectivity index (χ4n) is 2.12. The summed E-state index contributed by atoms with van der Waals surface area (Å²) in [4.78, 5) is 16.4. The smallest absolute Gasteiger partial charge is 0.255 e. The summed E-state index contributed by atoms with van der Waals surface area (Å²) in [6.07, 6.45) is 1.32. The molecule has 1 N–H and O–H groups in total. The second kappa shape index (κ2) is 6.06. The van der Waals surface area contributed by atoms with Crippen LogP contribution in [0.25, 0.3) is 11.1 Å². The first-order chi connectivity index (χ1) is 11.4. The van der Waals surface area contributed by atoms with Crippen molar-refractivity contribution in [1.82, 2.24) is 9.29 Å². The van der Waals surface area contributed by atoms with E-state index in [-0.39, 0.29) is 10.8 Å². The minimum Gasteiger partial charge on any atom is -0.443 e. The van der Waals surface area contributed by atoms with Crippen LogP contribution in [0.3, 0.4) is 0 Å². The summed E-state index contributed by atoms with van der Waals surface area (Å²) < 4.78 is 30.3. The van der Waals surface area contributed by atoms with Gasteiger partial charge in [0, 0.05) is 25.3 Å². The highest BCUT2D eigenvalue weighted by molar-refractivity contribution is 7.89. The fraction of sp³-hybridized carbons (Fsp3) is 0.125. The maximum Gasteiger partial charge on any atom is 0.255 e. The number of rotatable bonds is 4. The molecule has 1 amide bonds. The van der Waals surface area contributed by atoms with Gasteiger partial charge in [0.05, 0.1) is 4.90 Å². The van der Waals surface area contributed by atoms with E-state index in [1.807, 2.05) is 0 Å². The number of anilines is 1. The van der Waals surface area contributed by atoms with Gasteiger partial charge in [-0.15, -0.1) is 0 Å². The van der Waals surface area contributed by atoms with Crippen LogP contribution < -0.4 is 5.32 Å². The van der Waals surface area contributed by atoms with Crippen molar-refractivity contribution >= 4 is 32.7 Å². The normalized spacial score (nSPS) is 11.8. The molecule has 3 aromatic rings. The van der Waals surface area contributed by atoms with Crippen LogP contribution in [0.4, 0.5) is 5.69 Å². The number of hydrogen-bond donors (Lipinski definition) is 1. The largest absolute Gasteiger partial charge is 0.443 e. The third-order valence-corrected chi connectivity index (χ3v) is 5.31. The quantitative estimate of drug-likeness (QED) is 0.783. The number of carbonyl (C=O) groups is 1. The number of sulfonamides is 1. The molecule has 0 aliphatic rings. The molecule has 0 radical (unpaired) electrons. The summed E-state index contributed by atoms with van der Waals surface area (Å²) in [5, 5.41) is 2.72. The molecule has 1 aromatic heterocycles. The average molecular weight is 345 g/mol. The molecule has 0 saturated heterocycles. The van der Waals surface area contributed by atoms with Gasteiger partial charge in [-0.1, -0.05) is 0 Å². The first-order valence-corrected chi connectivity index (χ1v) is 8.49. The highest BCUT2D eigenvalue weighted by Gasteiger charge is 2.17. The number of fused-ring (bicyclic) bond motifs is 1. The van der Waals surface area contributed by atoms with E-state index in [1.165, 1.54) is 32.6 Å². The molecule has 0 atom stereocenters. The van der Waals surface area contributed by atoms with Gasteiger partial charge < -0.3 is 9.73 Å². The number of nitrogens with one attached hydrogen (secondary N) is 1. The molecule has 124 valence electrons. The Morgan fingerprint density at radius 3 is 2.50 bits per heavy atom. The van der Waals surface area contributed by atoms with Gasteiger partial charge in [0.15, 0.2) is 12.0 Å². The van der Waals surface area contributed by atoms with Crippen molar-refractivity contribution < 1.29 is 17.6 Å². The molecule has 0 unspecified atom stereocenters. The molecule has 0 fully saturated rings. The lowest BCUT2D eigenvalue weighted by Gasteiger charge is -2.12. The van der Waals surface area contributed by atoms with Gasteiger partial charge >= 0.3 is 0 Å². The number of benzene rings is 2. The Labute approximate surface area is 139 Å². The molecule has 0 aliphatic carbocycles. The molecular weight excluding hydrogens is 330 g/mol. The summed E-state index contributed by atoms with van der Waals surface area (Å²) in [6, 6.07) is 10.9. The number of oxazole rings is 1. The predicted molar refractivity (Wildman–Crippen MR) is 89.3 cm³/mol. The lowest BCUT2D eigenvalue weighted by atomic mass is 10.2. The number of aromatic nitrogens is 1. The van der Waals surface area contributed by atoms with Gasteiger partial charge in [0.25, 0.3) is 5.91 Å². The Morgan fingerprint density at radius 1 is 1.12 bits per heavy atom. The number of carbonyl (C=O) groups excluding carboxylic acids is 1. The van der Waals surface area contributed by atoms with Crippen LogP contribution in [0.5, 0.6) is 0 Å². The van der Waals surface area contributed by atoms with E-state index >= 15 is 0 Å². The minimum absolute atomic E-state index is 0.162. The van der Waals surface area contributed by atoms with Crippen molar-refractivity contribution in [2.45, 2.75) is 4.90 Å². The summed E-state index contributed by atoms with van der Waals surface area (Å²) in [5.74, 6) is -0.317. The summed E-state index contributed by atoms with van der Waals surface area (Å²) >= 11 is 0. The van der Waals surface area contributed by atoms with Gasteiger partial charge in [0.2, 0.25) is 10.0 Å². The van der Waals surface area contributed by atoms with Crippen LogP contribution in [0.1, 0.15) is 10.4 Å². The molecule has 1 heterocycles. The van der Waals surface area contributed by atoms with E-state index in [0.717, 1.165) is 4.31 Å². The van der Waals surface area contributed by atoms with E-state index in [1.54, 1.807) is 30.3 Å². The maximum absolute atomic E-state index is 12.3. The third-order valence-electron chi connectivity index (χ3n) is 3.48. The first-order valence-electron chi connectivity index (χ1n) is 7.05. The van der Waals surface area contributed by atoms with Crippen LogP contribution in [0.15, 0.2) is 58.2 Å². The molecule has 2 aromatic carbocycles. The minimum atomic E-state index is -3.49. The first kappa shape index (κ1) is 16.2. The molecule has 0 bridgehead atoms. The lowest BCUT2D eigenvalue weighted by molar-refractivity contribution is 0.102. The Hall–Kier alpha value is -2.71. The van der Waals surface area contributed by atoms with Crippen molar-refractivity contribution in [3.05, 3.63) is 54.4 Å². The predicted octanol–water partition coefficient (Wildman–Crippen LogP) is 2.33. The van der Waals surface area contributed by atoms with Gasteiger partial charge in [-0.25, -0.2) is 17.7 Å². The van der Waals surface area contributed by atoms with Crippen LogP contribution in [0.2, 0.25) is 0 Å². The molecule has 7 nitrogen and oxygen atoms in total. The average Bonchev–Trinajstić information content (AvgIpc) is 3.02. The zero-order valence-corrected chi connectivity index (χ0v) is 13.9. The third kappa shape index (κ3) is 3.01. The van der Waals surface area contributed by atoms with E-state index in [0.29, 0.717) is 22.4 Å². The van der Waals surface area contributed by atoms with Crippen molar-refractivity contribution in [3.8, 4) is 0 Å². The van der Waals surface area contributed by atoms with E-state index < -0.39 is 10.0 Å². The van der Waals surface area contributed by atoms with Gasteiger partial charge in [-0.05, 0) is 42.5 Å². The van der Waals surface area contributed by atoms with Crippen LogP contribution in [-0.2, 0) is 10.0 Å². The van der Waals surface area contributed by atoms with E-state index in [2.05, 4.69) is 10.3 Å². The topological polar surface area (TPSA) is 92.5 Å². The van der Waals surface area contributed by atoms with Gasteiger partial charge in [-0.2, -0.15) is 0 Å². The fourth-order valence-corrected chi connectivity index (χ4v) is 3.03. The van der Waals surface area contributed by atoms with Crippen molar-refractivity contribution in [3.63, 3.8) is 0 Å². The number of nitrogens with zero attached hydrogens (tertiary/aromatic N) is 2. The molecule has 0 aliphatic heterocycles. The Morgan fingerprint density at radius 2 is 1.83 bits per heavy atom. The summed E-state index contributed by atoms with van der Waals surface area (Å²) in [6.45, 7) is 0. The second-order valence-corrected chi connectivity index (χ2v) is 7.45. The zero-order chi connectivity index (χ0) is 17.3. The van der Waals surface area contributed by atoms with Crippen molar-refractivity contribution in [1.29, 1.82) is 0 Å². The van der Waals surface area contributed by atoms with Gasteiger partial charge in [0.1, 0.15) is 5.52 Å². The SMILES string of the molecule is CN(C)S(=O)(=O)c1ccc(NC(=O)c2ccc3ocnc3c2)cc1. The summed E-state index contributed by atoms with van der Waals surface area (Å²) in [5.41, 5.74) is 2.12. The molecular formula is C16H15N3O4S. The van der Waals surface area contributed by atoms with Crippen LogP contribution in [0, 0.1) is 0 Å². The highest BCUT2D eigenvalue weighted by atomic mass is 32.2. The van der Waals surface area contributed by atoms with Crippen LogP contribution in [-0.4, -0.2) is 37.7 Å². The number of amides is 1. The zero-order valence-electron chi connectivity index (χ0n) is 13.1. The molecule has 8 heteroatoms. The molecule has 3 rings (SSSR count). The van der Waals surface area contributed by atoms with E-state index in [4.69, 9.17) is 4.42 Å². The molecule has 0 saturated carbocycles. The monoisotopic (exact) mass is 345 g/mol. The molecule has 0 spiro atoms. The second-order valence-electron chi connectivity index (χ2n) is 5.30. The Kier molecular flexibility index (Phi) is 4.08. The van der Waals surface area contributed by atoms with E-state index in [9.17, 15) is 13.2 Å². The van der Waals surface area contributed by atoms with Crippen LogP contribution >= 0.6 is 0 Å². The highest BCUT2D eigenvalue weighted by Crippen LogP contribution is 2.18. The van der Waals surface area contributed by atoms with Gasteiger partial charge in [-0.3, -0.25) is 4.79 Å². The number of hydrogen-bond acceptors (Lipinski definition) is 5. The maximum atomic E-state index is 12.3. The summed E-state index contributed by atoms with van der Waals surface area (Å²) in [7, 11) is -0.564. The Balaban J connectivity index is 1.79. The Bertz CT molecular complexity index is 992. The van der Waals surface area contributed by atoms with Crippen molar-refractivity contribution in [2.24, 2.45) is 0 Å². The standard InChI is InChI=1S/C16H15N3O4S/c1-19(2)24(21,22)13-6-4-12(5-7-13)18-16(20)11-3-8-15-14(9-11)17-10-23-15/h3-10H,1-2H3,(H,18,20). The molecule has 24 heavy (non-hydrogen) atoms. The van der Waals surface area contributed by atoms with Crippen molar-refractivity contribution in [2.75, 3.05) is 19.4 Å². The lowest BCUT2D eigenvalue weighted by Crippen LogP contribution is -2.22.